The van der Waals surface area contributed by atoms with Crippen molar-refractivity contribution in [3.05, 3.63) is 69.2 Å². The lowest BCUT2D eigenvalue weighted by Gasteiger charge is -2.53. The number of rotatable bonds is 6. The van der Waals surface area contributed by atoms with E-state index in [0.29, 0.717) is 28.8 Å². The van der Waals surface area contributed by atoms with Crippen LogP contribution >= 0.6 is 23.2 Å². The number of carbonyl (C=O) groups is 2. The van der Waals surface area contributed by atoms with E-state index in [-0.39, 0.29) is 53.9 Å². The lowest BCUT2D eigenvalue weighted by molar-refractivity contribution is -0.168. The van der Waals surface area contributed by atoms with E-state index in [1.165, 1.54) is 0 Å². The molecule has 3 saturated heterocycles. The van der Waals surface area contributed by atoms with E-state index < -0.39 is 22.9 Å². The van der Waals surface area contributed by atoms with Gasteiger partial charge in [-0.05, 0) is 60.4 Å². The van der Waals surface area contributed by atoms with Crippen LogP contribution < -0.4 is 5.32 Å². The van der Waals surface area contributed by atoms with E-state index in [9.17, 15) is 9.59 Å². The minimum absolute atomic E-state index is 0.0359. The van der Waals surface area contributed by atoms with Gasteiger partial charge in [0.1, 0.15) is 30.0 Å². The van der Waals surface area contributed by atoms with Gasteiger partial charge in [0.15, 0.2) is 11.7 Å². The number of para-hydroxylation sites is 2. The average Bonchev–Trinajstić information content (AvgIpc) is 3.90. The molecule has 9 rings (SSSR count). The molecule has 230 valence electrons. The van der Waals surface area contributed by atoms with Crippen molar-refractivity contribution < 1.29 is 33.3 Å². The summed E-state index contributed by atoms with van der Waals surface area (Å²) in [6.07, 6.45) is 1.11. The van der Waals surface area contributed by atoms with E-state index in [1.54, 1.807) is 18.2 Å². The van der Waals surface area contributed by atoms with Gasteiger partial charge in [-0.15, -0.1) is 0 Å². The summed E-state index contributed by atoms with van der Waals surface area (Å²) in [4.78, 5) is 26.4. The van der Waals surface area contributed by atoms with Crippen molar-refractivity contribution in [3.63, 3.8) is 0 Å². The summed E-state index contributed by atoms with van der Waals surface area (Å²) < 4.78 is 32.2. The fourth-order valence-corrected chi connectivity index (χ4v) is 10.2. The average molecular weight is 639 g/mol. The van der Waals surface area contributed by atoms with Crippen LogP contribution in [0.3, 0.4) is 0 Å². The molecule has 3 aliphatic carbocycles. The molecule has 0 aromatic heterocycles. The van der Waals surface area contributed by atoms with Gasteiger partial charge in [0.25, 0.3) is 0 Å². The number of halogens is 2. The SMILES string of the molecule is CC(C)C12OC1C1OC13C1(C)CCC4=C(COC4=O)C1CC1OC13C2OC(=O)Cc1ccccc1Nc1c(Cl)cccc1Cl. The number of hydrogen-bond acceptors (Lipinski definition) is 8. The Labute approximate surface area is 265 Å². The lowest BCUT2D eigenvalue weighted by Crippen LogP contribution is -2.70. The van der Waals surface area contributed by atoms with Gasteiger partial charge in [0.05, 0.1) is 28.3 Å². The number of cyclic esters (lactones) is 1. The lowest BCUT2D eigenvalue weighted by atomic mass is 9.46. The van der Waals surface area contributed by atoms with Crippen LogP contribution in [0.2, 0.25) is 10.0 Å². The molecule has 10 heteroatoms. The molecule has 2 spiro atoms. The Kier molecular flexibility index (Phi) is 5.53. The van der Waals surface area contributed by atoms with Crippen LogP contribution in [0.4, 0.5) is 11.4 Å². The molecule has 4 aliphatic heterocycles. The van der Waals surface area contributed by atoms with Gasteiger partial charge in [0.2, 0.25) is 0 Å². The normalized spacial score (nSPS) is 41.8. The molecule has 9 atom stereocenters. The van der Waals surface area contributed by atoms with Gasteiger partial charge in [0, 0.05) is 16.7 Å². The molecule has 8 nitrogen and oxygen atoms in total. The molecular weight excluding hydrogens is 605 g/mol. The smallest absolute Gasteiger partial charge is 0.334 e. The van der Waals surface area contributed by atoms with E-state index in [4.69, 9.17) is 46.9 Å². The summed E-state index contributed by atoms with van der Waals surface area (Å²) in [6, 6.07) is 12.9. The molecule has 9 unspecified atom stereocenters. The third kappa shape index (κ3) is 3.21. The van der Waals surface area contributed by atoms with Crippen LogP contribution in [0.1, 0.15) is 45.6 Å². The van der Waals surface area contributed by atoms with E-state index in [1.807, 2.05) is 24.3 Å². The maximum absolute atomic E-state index is 13.9. The summed E-state index contributed by atoms with van der Waals surface area (Å²) in [5, 5.41) is 4.28. The Balaban J connectivity index is 1.04. The second-order valence-corrected chi connectivity index (χ2v) is 14.7. The molecule has 5 fully saturated rings. The van der Waals surface area contributed by atoms with Gasteiger partial charge in [-0.2, -0.15) is 0 Å². The summed E-state index contributed by atoms with van der Waals surface area (Å²) in [5.41, 5.74) is 1.56. The van der Waals surface area contributed by atoms with Crippen LogP contribution in [-0.2, 0) is 39.7 Å². The standard InChI is InChI=1S/C34H33Cl2NO7/c1-16(2)32-27(43-32)28-34(44-28)31(3)12-11-18-19(15-40-29(18)39)20(31)14-24-33(34,42-24)30(32)41-25(38)13-17-7-4-5-10-23(17)37-26-21(35)8-6-9-22(26)36/h4-10,16,20,24,27-28,30,37H,11-15H2,1-3H3. The van der Waals surface area contributed by atoms with Gasteiger partial charge in [-0.1, -0.05) is 68.2 Å². The van der Waals surface area contributed by atoms with Crippen molar-refractivity contribution in [2.45, 2.75) is 87.7 Å². The highest BCUT2D eigenvalue weighted by Gasteiger charge is 3.01. The minimum Gasteiger partial charge on any atom is -0.458 e. The van der Waals surface area contributed by atoms with Crippen molar-refractivity contribution in [1.82, 2.24) is 0 Å². The molecule has 0 amide bonds. The number of hydrogen-bond donors (Lipinski definition) is 1. The molecule has 4 heterocycles. The zero-order chi connectivity index (χ0) is 30.4. The topological polar surface area (TPSA) is 102 Å². The van der Waals surface area contributed by atoms with E-state index in [2.05, 4.69) is 26.1 Å². The Hall–Kier alpha value is -2.62. The largest absolute Gasteiger partial charge is 0.458 e. The monoisotopic (exact) mass is 637 g/mol. The number of epoxide rings is 3. The van der Waals surface area contributed by atoms with E-state index in [0.717, 1.165) is 35.2 Å². The number of ether oxygens (including phenoxy) is 5. The zero-order valence-electron chi connectivity index (χ0n) is 24.7. The minimum atomic E-state index is -0.791. The van der Waals surface area contributed by atoms with Crippen LogP contribution in [-0.4, -0.2) is 59.8 Å². The second kappa shape index (κ2) is 8.80. The maximum atomic E-state index is 13.9. The van der Waals surface area contributed by atoms with Crippen molar-refractivity contribution in [1.29, 1.82) is 0 Å². The highest BCUT2D eigenvalue weighted by molar-refractivity contribution is 6.39. The third-order valence-electron chi connectivity index (χ3n) is 11.9. The Morgan fingerprint density at radius 2 is 1.84 bits per heavy atom. The van der Waals surface area contributed by atoms with Gasteiger partial charge >= 0.3 is 11.9 Å². The summed E-state index contributed by atoms with van der Waals surface area (Å²) in [7, 11) is 0. The predicted octanol–water partition coefficient (Wildman–Crippen LogP) is 5.95. The highest BCUT2D eigenvalue weighted by Crippen LogP contribution is 2.83. The predicted molar refractivity (Wildman–Crippen MR) is 161 cm³/mol. The Morgan fingerprint density at radius 3 is 2.61 bits per heavy atom. The fourth-order valence-electron chi connectivity index (χ4n) is 9.72. The molecule has 7 aliphatic rings. The fraction of sp³-hybridized carbons (Fsp3) is 0.529. The number of esters is 2. The first-order chi connectivity index (χ1) is 21.1. The van der Waals surface area contributed by atoms with Crippen molar-refractivity contribution >= 4 is 46.5 Å². The highest BCUT2D eigenvalue weighted by atomic mass is 35.5. The maximum Gasteiger partial charge on any atom is 0.334 e. The van der Waals surface area contributed by atoms with Gasteiger partial charge in [-0.25, -0.2) is 4.79 Å². The number of benzene rings is 2. The first-order valence-electron chi connectivity index (χ1n) is 15.5. The second-order valence-electron chi connectivity index (χ2n) is 13.9. The summed E-state index contributed by atoms with van der Waals surface area (Å²) in [6.45, 7) is 6.85. The van der Waals surface area contributed by atoms with Gasteiger partial charge in [-0.3, -0.25) is 4.79 Å². The first kappa shape index (κ1) is 27.7. The molecule has 2 saturated carbocycles. The zero-order valence-corrected chi connectivity index (χ0v) is 26.2. The molecule has 1 N–H and O–H groups in total. The van der Waals surface area contributed by atoms with Crippen LogP contribution in [0, 0.1) is 17.3 Å². The molecule has 0 radical (unpaired) electrons. The number of anilines is 2. The molecule has 0 bridgehead atoms. The Bertz CT molecular complexity index is 1670. The summed E-state index contributed by atoms with van der Waals surface area (Å²) >= 11 is 12.9. The van der Waals surface area contributed by atoms with E-state index >= 15 is 0 Å². The molecular formula is C34H33Cl2NO7. The van der Waals surface area contributed by atoms with Crippen LogP contribution in [0.15, 0.2) is 53.6 Å². The quantitative estimate of drug-likeness (QED) is 0.306. The third-order valence-corrected chi connectivity index (χ3v) is 12.5. The molecule has 44 heavy (non-hydrogen) atoms. The number of carbonyl (C=O) groups excluding carboxylic acids is 2. The van der Waals surface area contributed by atoms with Crippen molar-refractivity contribution in [2.24, 2.45) is 17.3 Å². The van der Waals surface area contributed by atoms with Crippen molar-refractivity contribution in [3.8, 4) is 0 Å². The molecule has 2 aromatic carbocycles. The number of nitrogens with one attached hydrogen (secondary N) is 1. The van der Waals surface area contributed by atoms with Gasteiger partial charge < -0.3 is 29.0 Å². The Morgan fingerprint density at radius 1 is 1.07 bits per heavy atom. The summed E-state index contributed by atoms with van der Waals surface area (Å²) in [5.74, 6) is -0.361. The molecule has 2 aromatic rings. The van der Waals surface area contributed by atoms with Crippen molar-refractivity contribution in [2.75, 3.05) is 11.9 Å². The first-order valence-corrected chi connectivity index (χ1v) is 16.2. The number of fused-ring (bicyclic) bond motifs is 4. The van der Waals surface area contributed by atoms with Crippen LogP contribution in [0.25, 0.3) is 0 Å². The van der Waals surface area contributed by atoms with Crippen LogP contribution in [0.5, 0.6) is 0 Å².